The fourth-order valence-corrected chi connectivity index (χ4v) is 3.48. The lowest BCUT2D eigenvalue weighted by atomic mass is 9.80. The van der Waals surface area contributed by atoms with Crippen LogP contribution >= 0.6 is 11.3 Å². The predicted octanol–water partition coefficient (Wildman–Crippen LogP) is 3.53. The normalized spacial score (nSPS) is 20.5. The van der Waals surface area contributed by atoms with Crippen LogP contribution in [0.25, 0.3) is 0 Å². The fraction of sp³-hybridized carbons (Fsp3) is 0.714. The average Bonchev–Trinajstić information content (AvgIpc) is 2.81. The van der Waals surface area contributed by atoms with Crippen molar-refractivity contribution in [3.05, 3.63) is 10.6 Å². The van der Waals surface area contributed by atoms with Gasteiger partial charge in [-0.3, -0.25) is 4.79 Å². The van der Waals surface area contributed by atoms with Crippen LogP contribution in [-0.2, 0) is 0 Å². The molecular weight excluding hydrogens is 244 g/mol. The molecule has 0 aromatic carbocycles. The predicted molar refractivity (Wildman–Crippen MR) is 76.6 cm³/mol. The number of rotatable bonds is 2. The van der Waals surface area contributed by atoms with Crippen LogP contribution in [0.1, 0.15) is 49.5 Å². The molecular formula is C14H22N2OS. The van der Waals surface area contributed by atoms with E-state index in [1.165, 1.54) is 6.42 Å². The zero-order valence-corrected chi connectivity index (χ0v) is 12.7. The van der Waals surface area contributed by atoms with E-state index in [1.54, 1.807) is 18.3 Å². The fourth-order valence-electron chi connectivity index (χ4n) is 2.48. The molecule has 0 bridgehead atoms. The third-order valence-electron chi connectivity index (χ3n) is 3.79. The van der Waals surface area contributed by atoms with Gasteiger partial charge in [0.2, 0.25) is 0 Å². The molecule has 1 fully saturated rings. The lowest BCUT2D eigenvalue weighted by Gasteiger charge is -2.26. The van der Waals surface area contributed by atoms with E-state index < -0.39 is 0 Å². The molecule has 0 amide bonds. The smallest absolute Gasteiger partial charge is 0.186 e. The molecule has 0 saturated carbocycles. The van der Waals surface area contributed by atoms with Gasteiger partial charge in [0.25, 0.3) is 0 Å². The number of thiazole rings is 1. The lowest BCUT2D eigenvalue weighted by molar-refractivity contribution is 0.102. The third kappa shape index (κ3) is 2.58. The van der Waals surface area contributed by atoms with Gasteiger partial charge in [0.05, 0.1) is 10.6 Å². The van der Waals surface area contributed by atoms with Crippen LogP contribution < -0.4 is 4.90 Å². The first kappa shape index (κ1) is 13.5. The Bertz CT molecular complexity index is 459. The standard InChI is InChI=1S/C14H22N2OS/c1-9-12(10(2)17)18-13(15-9)16-7-6-11(8-16)14(3,4)5/h11H,6-8H2,1-5H3. The first-order chi connectivity index (χ1) is 8.29. The summed E-state index contributed by atoms with van der Waals surface area (Å²) >= 11 is 1.54. The molecule has 4 heteroatoms. The molecule has 1 aliphatic heterocycles. The quantitative estimate of drug-likeness (QED) is 0.768. The molecule has 2 rings (SSSR count). The van der Waals surface area contributed by atoms with E-state index in [2.05, 4.69) is 30.7 Å². The molecule has 1 aliphatic rings. The highest BCUT2D eigenvalue weighted by Crippen LogP contribution is 2.37. The van der Waals surface area contributed by atoms with Crippen molar-refractivity contribution in [3.63, 3.8) is 0 Å². The number of ketones is 1. The number of anilines is 1. The summed E-state index contributed by atoms with van der Waals surface area (Å²) in [6.45, 7) is 12.6. The number of aromatic nitrogens is 1. The average molecular weight is 266 g/mol. The van der Waals surface area contributed by atoms with Crippen LogP contribution in [0.2, 0.25) is 0 Å². The summed E-state index contributed by atoms with van der Waals surface area (Å²) in [5, 5.41) is 1.02. The van der Waals surface area contributed by atoms with Crippen molar-refractivity contribution in [1.82, 2.24) is 4.98 Å². The monoisotopic (exact) mass is 266 g/mol. The molecule has 2 heterocycles. The summed E-state index contributed by atoms with van der Waals surface area (Å²) in [4.78, 5) is 19.2. The summed E-state index contributed by atoms with van der Waals surface area (Å²) in [5.74, 6) is 0.838. The first-order valence-electron chi connectivity index (χ1n) is 6.52. The minimum atomic E-state index is 0.128. The van der Waals surface area contributed by atoms with Gasteiger partial charge < -0.3 is 4.90 Å². The topological polar surface area (TPSA) is 33.2 Å². The number of carbonyl (C=O) groups excluding carboxylic acids is 1. The van der Waals surface area contributed by atoms with E-state index in [1.807, 2.05) is 6.92 Å². The van der Waals surface area contributed by atoms with Crippen molar-refractivity contribution in [2.75, 3.05) is 18.0 Å². The lowest BCUT2D eigenvalue weighted by Crippen LogP contribution is -2.25. The van der Waals surface area contributed by atoms with Crippen LogP contribution in [0.3, 0.4) is 0 Å². The molecule has 0 spiro atoms. The Hall–Kier alpha value is -0.900. The van der Waals surface area contributed by atoms with E-state index in [-0.39, 0.29) is 5.78 Å². The van der Waals surface area contributed by atoms with Crippen molar-refractivity contribution in [1.29, 1.82) is 0 Å². The summed E-state index contributed by atoms with van der Waals surface area (Å²) < 4.78 is 0. The summed E-state index contributed by atoms with van der Waals surface area (Å²) in [5.41, 5.74) is 1.23. The summed E-state index contributed by atoms with van der Waals surface area (Å²) in [6, 6.07) is 0. The van der Waals surface area contributed by atoms with E-state index in [0.29, 0.717) is 11.3 Å². The maximum Gasteiger partial charge on any atom is 0.186 e. The van der Waals surface area contributed by atoms with Gasteiger partial charge in [0.1, 0.15) is 0 Å². The number of carbonyl (C=O) groups is 1. The number of aryl methyl sites for hydroxylation is 1. The van der Waals surface area contributed by atoms with Crippen molar-refractivity contribution < 1.29 is 4.79 Å². The highest BCUT2D eigenvalue weighted by molar-refractivity contribution is 7.17. The van der Waals surface area contributed by atoms with Gasteiger partial charge >= 0.3 is 0 Å². The van der Waals surface area contributed by atoms with Gasteiger partial charge in [-0.15, -0.1) is 0 Å². The molecule has 1 atom stereocenters. The van der Waals surface area contributed by atoms with Gasteiger partial charge in [-0.25, -0.2) is 4.98 Å². The van der Waals surface area contributed by atoms with Crippen LogP contribution in [0.15, 0.2) is 0 Å². The van der Waals surface area contributed by atoms with Gasteiger partial charge in [-0.1, -0.05) is 32.1 Å². The third-order valence-corrected chi connectivity index (χ3v) is 5.11. The highest BCUT2D eigenvalue weighted by Gasteiger charge is 2.33. The van der Waals surface area contributed by atoms with Crippen LogP contribution in [0.5, 0.6) is 0 Å². The molecule has 100 valence electrons. The van der Waals surface area contributed by atoms with Gasteiger partial charge in [0, 0.05) is 20.0 Å². The number of Topliss-reactive ketones (excluding diaryl/α,β-unsaturated/α-hetero) is 1. The van der Waals surface area contributed by atoms with Crippen LogP contribution in [0.4, 0.5) is 5.13 Å². The van der Waals surface area contributed by atoms with Crippen molar-refractivity contribution in [2.24, 2.45) is 11.3 Å². The largest absolute Gasteiger partial charge is 0.348 e. The Kier molecular flexibility index (Phi) is 3.49. The molecule has 0 aliphatic carbocycles. The molecule has 1 saturated heterocycles. The Morgan fingerprint density at radius 3 is 2.56 bits per heavy atom. The first-order valence-corrected chi connectivity index (χ1v) is 7.34. The Morgan fingerprint density at radius 1 is 1.44 bits per heavy atom. The molecule has 1 unspecified atom stereocenters. The van der Waals surface area contributed by atoms with Crippen LogP contribution in [-0.4, -0.2) is 23.9 Å². The second-order valence-corrected chi connectivity index (χ2v) is 7.24. The number of nitrogens with zero attached hydrogens (tertiary/aromatic N) is 2. The summed E-state index contributed by atoms with van der Waals surface area (Å²) in [7, 11) is 0. The Balaban J connectivity index is 2.15. The minimum absolute atomic E-state index is 0.128. The van der Waals surface area contributed by atoms with Crippen molar-refractivity contribution in [3.8, 4) is 0 Å². The highest BCUT2D eigenvalue weighted by atomic mass is 32.1. The molecule has 0 N–H and O–H groups in total. The summed E-state index contributed by atoms with van der Waals surface area (Å²) in [6.07, 6.45) is 1.22. The molecule has 3 nitrogen and oxygen atoms in total. The molecule has 1 aromatic heterocycles. The molecule has 18 heavy (non-hydrogen) atoms. The van der Waals surface area contributed by atoms with Gasteiger partial charge in [-0.05, 0) is 24.7 Å². The zero-order valence-electron chi connectivity index (χ0n) is 11.9. The number of hydrogen-bond donors (Lipinski definition) is 0. The van der Waals surface area contributed by atoms with E-state index in [4.69, 9.17) is 0 Å². The minimum Gasteiger partial charge on any atom is -0.348 e. The zero-order chi connectivity index (χ0) is 13.5. The van der Waals surface area contributed by atoms with E-state index in [9.17, 15) is 4.79 Å². The van der Waals surface area contributed by atoms with Crippen molar-refractivity contribution in [2.45, 2.75) is 41.0 Å². The van der Waals surface area contributed by atoms with Gasteiger partial charge in [0.15, 0.2) is 10.9 Å². The van der Waals surface area contributed by atoms with Gasteiger partial charge in [-0.2, -0.15) is 0 Å². The Morgan fingerprint density at radius 2 is 2.11 bits per heavy atom. The second-order valence-electron chi connectivity index (χ2n) is 6.26. The molecule has 1 aromatic rings. The SMILES string of the molecule is CC(=O)c1sc(N2CCC(C(C)(C)C)C2)nc1C. The second kappa shape index (κ2) is 4.65. The number of hydrogen-bond acceptors (Lipinski definition) is 4. The molecule has 0 radical (unpaired) electrons. The van der Waals surface area contributed by atoms with E-state index in [0.717, 1.165) is 28.8 Å². The van der Waals surface area contributed by atoms with Crippen LogP contribution in [0, 0.1) is 18.3 Å². The van der Waals surface area contributed by atoms with Crippen molar-refractivity contribution >= 4 is 22.3 Å². The van der Waals surface area contributed by atoms with E-state index >= 15 is 0 Å². The Labute approximate surface area is 113 Å². The maximum atomic E-state index is 11.5. The maximum absolute atomic E-state index is 11.5.